The fourth-order valence-electron chi connectivity index (χ4n) is 3.47. The number of aromatic nitrogens is 5. The molecule has 6 nitrogen and oxygen atoms in total. The van der Waals surface area contributed by atoms with Crippen LogP contribution in [0.2, 0.25) is 5.02 Å². The number of halogens is 1. The minimum absolute atomic E-state index is 0.157. The van der Waals surface area contributed by atoms with Gasteiger partial charge in [0.2, 0.25) is 0 Å². The highest BCUT2D eigenvalue weighted by molar-refractivity contribution is 6.30. The highest BCUT2D eigenvalue weighted by Crippen LogP contribution is 2.30. The van der Waals surface area contributed by atoms with Crippen LogP contribution in [0.3, 0.4) is 0 Å². The van der Waals surface area contributed by atoms with E-state index < -0.39 is 0 Å². The Labute approximate surface area is 164 Å². The zero-order chi connectivity index (χ0) is 19.3. The number of aryl methyl sites for hydroxylation is 1. The number of rotatable bonds is 2. The third-order valence-corrected chi connectivity index (χ3v) is 4.98. The average Bonchev–Trinajstić information content (AvgIpc) is 3.05. The second kappa shape index (κ2) is 6.28. The quantitative estimate of drug-likeness (QED) is 0.458. The summed E-state index contributed by atoms with van der Waals surface area (Å²) in [5.41, 5.74) is 4.65. The summed E-state index contributed by atoms with van der Waals surface area (Å²) >= 11 is 6.16. The number of hydrogen-bond donors (Lipinski definition) is 0. The average molecular weight is 388 g/mol. The van der Waals surface area contributed by atoms with E-state index in [-0.39, 0.29) is 5.56 Å². The van der Waals surface area contributed by atoms with E-state index in [4.69, 9.17) is 11.6 Å². The van der Waals surface area contributed by atoms with Crippen LogP contribution in [0, 0.1) is 6.92 Å². The smallest absolute Gasteiger partial charge is 0.266 e. The molecule has 0 atom stereocenters. The predicted molar refractivity (Wildman–Crippen MR) is 109 cm³/mol. The standard InChI is InChI=1S/C21H14ClN5O/c1-13-19(14-3-2-4-15(22)11-14)20-24-12-17-18(27(20)25-13)7-10-26(21(17)28)16-5-8-23-9-6-16/h2-12H,1H3. The van der Waals surface area contributed by atoms with Gasteiger partial charge in [-0.25, -0.2) is 9.50 Å². The minimum Gasteiger partial charge on any atom is -0.284 e. The Hall–Kier alpha value is -3.51. The van der Waals surface area contributed by atoms with Gasteiger partial charge in [-0.15, -0.1) is 0 Å². The topological polar surface area (TPSA) is 65.1 Å². The normalized spacial score (nSPS) is 11.4. The molecule has 136 valence electrons. The van der Waals surface area contributed by atoms with Gasteiger partial charge in [0.05, 0.1) is 22.3 Å². The van der Waals surface area contributed by atoms with E-state index in [9.17, 15) is 4.79 Å². The van der Waals surface area contributed by atoms with E-state index in [0.717, 1.165) is 22.5 Å². The van der Waals surface area contributed by atoms with Crippen molar-refractivity contribution in [2.24, 2.45) is 0 Å². The van der Waals surface area contributed by atoms with Gasteiger partial charge in [0, 0.05) is 35.4 Å². The van der Waals surface area contributed by atoms with Crippen LogP contribution in [0.25, 0.3) is 33.4 Å². The van der Waals surface area contributed by atoms with Gasteiger partial charge in [-0.2, -0.15) is 5.10 Å². The first-order chi connectivity index (χ1) is 13.6. The Morgan fingerprint density at radius 2 is 1.89 bits per heavy atom. The zero-order valence-corrected chi connectivity index (χ0v) is 15.6. The van der Waals surface area contributed by atoms with Gasteiger partial charge < -0.3 is 0 Å². The Kier molecular flexibility index (Phi) is 3.74. The summed E-state index contributed by atoms with van der Waals surface area (Å²) in [4.78, 5) is 21.6. The molecule has 1 aromatic carbocycles. The predicted octanol–water partition coefficient (Wildman–Crippen LogP) is 4.06. The molecule has 0 aliphatic heterocycles. The van der Waals surface area contributed by atoms with Crippen molar-refractivity contribution in [1.29, 1.82) is 0 Å². The molecule has 5 rings (SSSR count). The lowest BCUT2D eigenvalue weighted by Crippen LogP contribution is -2.18. The fraction of sp³-hybridized carbons (Fsp3) is 0.0476. The maximum absolute atomic E-state index is 13.0. The summed E-state index contributed by atoms with van der Waals surface area (Å²) in [5, 5.41) is 5.79. The van der Waals surface area contributed by atoms with E-state index in [2.05, 4.69) is 15.1 Å². The van der Waals surface area contributed by atoms with Crippen molar-refractivity contribution >= 4 is 28.2 Å². The van der Waals surface area contributed by atoms with Crippen LogP contribution in [0.15, 0.2) is 72.0 Å². The van der Waals surface area contributed by atoms with Crippen LogP contribution in [0.1, 0.15) is 5.69 Å². The number of nitrogens with zero attached hydrogens (tertiary/aromatic N) is 5. The summed E-state index contributed by atoms with van der Waals surface area (Å²) in [7, 11) is 0. The van der Waals surface area contributed by atoms with Crippen LogP contribution in [-0.2, 0) is 0 Å². The van der Waals surface area contributed by atoms with Crippen molar-refractivity contribution in [3.8, 4) is 16.8 Å². The third kappa shape index (κ3) is 2.50. The molecule has 5 aromatic rings. The highest BCUT2D eigenvalue weighted by atomic mass is 35.5. The van der Waals surface area contributed by atoms with Crippen molar-refractivity contribution in [2.45, 2.75) is 6.92 Å². The van der Waals surface area contributed by atoms with E-state index in [1.807, 2.05) is 37.3 Å². The molecule has 0 bridgehead atoms. The summed E-state index contributed by atoms with van der Waals surface area (Å²) in [6.07, 6.45) is 6.67. The van der Waals surface area contributed by atoms with Crippen LogP contribution >= 0.6 is 11.6 Å². The first kappa shape index (κ1) is 16.6. The van der Waals surface area contributed by atoms with E-state index in [0.29, 0.717) is 21.6 Å². The Morgan fingerprint density at radius 1 is 1.07 bits per heavy atom. The SMILES string of the molecule is Cc1nn2c(ncc3c(=O)n(-c4ccncc4)ccc32)c1-c1cccc(Cl)c1. The molecule has 0 spiro atoms. The summed E-state index contributed by atoms with van der Waals surface area (Å²) in [6.45, 7) is 1.93. The number of hydrogen-bond acceptors (Lipinski definition) is 4. The molecule has 0 aliphatic rings. The molecule has 28 heavy (non-hydrogen) atoms. The van der Waals surface area contributed by atoms with Crippen LogP contribution in [-0.4, -0.2) is 24.1 Å². The highest BCUT2D eigenvalue weighted by Gasteiger charge is 2.16. The maximum atomic E-state index is 13.0. The number of benzene rings is 1. The van der Waals surface area contributed by atoms with Crippen LogP contribution < -0.4 is 5.56 Å². The molecular formula is C21H14ClN5O. The first-order valence-electron chi connectivity index (χ1n) is 8.69. The van der Waals surface area contributed by atoms with Gasteiger partial charge >= 0.3 is 0 Å². The third-order valence-electron chi connectivity index (χ3n) is 4.74. The van der Waals surface area contributed by atoms with E-state index in [1.54, 1.807) is 46.0 Å². The lowest BCUT2D eigenvalue weighted by atomic mass is 10.1. The van der Waals surface area contributed by atoms with Crippen molar-refractivity contribution in [2.75, 3.05) is 0 Å². The summed E-state index contributed by atoms with van der Waals surface area (Å²) < 4.78 is 3.30. The molecule has 4 heterocycles. The summed E-state index contributed by atoms with van der Waals surface area (Å²) in [6, 6.07) is 13.0. The lowest BCUT2D eigenvalue weighted by Gasteiger charge is -2.08. The Morgan fingerprint density at radius 3 is 2.68 bits per heavy atom. The summed E-state index contributed by atoms with van der Waals surface area (Å²) in [5.74, 6) is 0. The molecule has 0 saturated carbocycles. The monoisotopic (exact) mass is 387 g/mol. The molecule has 0 aliphatic carbocycles. The maximum Gasteiger partial charge on any atom is 0.266 e. The Bertz CT molecular complexity index is 1410. The molecule has 0 N–H and O–H groups in total. The van der Waals surface area contributed by atoms with Crippen LogP contribution in [0.4, 0.5) is 0 Å². The fourth-order valence-corrected chi connectivity index (χ4v) is 3.66. The zero-order valence-electron chi connectivity index (χ0n) is 14.9. The van der Waals surface area contributed by atoms with Crippen molar-refractivity contribution in [3.05, 3.63) is 88.3 Å². The van der Waals surface area contributed by atoms with Gasteiger partial charge in [0.1, 0.15) is 0 Å². The first-order valence-corrected chi connectivity index (χ1v) is 9.07. The van der Waals surface area contributed by atoms with E-state index >= 15 is 0 Å². The molecular weight excluding hydrogens is 374 g/mol. The van der Waals surface area contributed by atoms with Gasteiger partial charge in [-0.3, -0.25) is 14.3 Å². The molecule has 0 fully saturated rings. The van der Waals surface area contributed by atoms with Crippen molar-refractivity contribution < 1.29 is 0 Å². The minimum atomic E-state index is -0.157. The lowest BCUT2D eigenvalue weighted by molar-refractivity contribution is 0.939. The van der Waals surface area contributed by atoms with Gasteiger partial charge in [0.15, 0.2) is 5.65 Å². The number of fused-ring (bicyclic) bond motifs is 3. The molecule has 0 radical (unpaired) electrons. The molecule has 0 unspecified atom stereocenters. The second-order valence-electron chi connectivity index (χ2n) is 6.46. The largest absolute Gasteiger partial charge is 0.284 e. The van der Waals surface area contributed by atoms with Gasteiger partial charge in [-0.05, 0) is 42.8 Å². The second-order valence-corrected chi connectivity index (χ2v) is 6.90. The Balaban J connectivity index is 1.79. The molecule has 7 heteroatoms. The molecule has 4 aromatic heterocycles. The molecule has 0 amide bonds. The van der Waals surface area contributed by atoms with E-state index in [1.165, 1.54) is 0 Å². The van der Waals surface area contributed by atoms with Crippen LogP contribution in [0.5, 0.6) is 0 Å². The number of pyridine rings is 2. The van der Waals surface area contributed by atoms with Crippen molar-refractivity contribution in [3.63, 3.8) is 0 Å². The van der Waals surface area contributed by atoms with Gasteiger partial charge in [-0.1, -0.05) is 23.7 Å². The molecule has 0 saturated heterocycles. The van der Waals surface area contributed by atoms with Crippen molar-refractivity contribution in [1.82, 2.24) is 24.1 Å². The van der Waals surface area contributed by atoms with Gasteiger partial charge in [0.25, 0.3) is 5.56 Å².